The van der Waals surface area contributed by atoms with Crippen molar-refractivity contribution in [2.75, 3.05) is 6.61 Å². The number of esters is 1. The molecule has 21 heavy (non-hydrogen) atoms. The first kappa shape index (κ1) is 17.4. The van der Waals surface area contributed by atoms with Gasteiger partial charge in [0.1, 0.15) is 5.82 Å². The molecule has 1 rings (SSSR count). The van der Waals surface area contributed by atoms with Crippen molar-refractivity contribution < 1.29 is 27.1 Å². The van der Waals surface area contributed by atoms with Crippen LogP contribution in [0.2, 0.25) is 0 Å². The third-order valence-corrected chi connectivity index (χ3v) is 2.81. The van der Waals surface area contributed by atoms with E-state index in [0.717, 1.165) is 12.1 Å². The number of carbonyl (C=O) groups is 1. The second kappa shape index (κ2) is 7.40. The molecule has 3 nitrogen and oxygen atoms in total. The number of nitrogens with two attached hydrogens (primary N) is 1. The van der Waals surface area contributed by atoms with Gasteiger partial charge in [0.15, 0.2) is 0 Å². The predicted molar refractivity (Wildman–Crippen MR) is 68.9 cm³/mol. The van der Waals surface area contributed by atoms with Gasteiger partial charge >= 0.3 is 12.1 Å². The Morgan fingerprint density at radius 2 is 2.00 bits per heavy atom. The minimum Gasteiger partial charge on any atom is -0.466 e. The number of benzene rings is 1. The molecule has 1 unspecified atom stereocenters. The highest BCUT2D eigenvalue weighted by atomic mass is 19.4. The summed E-state index contributed by atoms with van der Waals surface area (Å²) in [7, 11) is 0. The van der Waals surface area contributed by atoms with Crippen LogP contribution in [0.4, 0.5) is 17.6 Å². The Balaban J connectivity index is 2.66. The van der Waals surface area contributed by atoms with E-state index in [2.05, 4.69) is 0 Å². The number of rotatable bonds is 6. The van der Waals surface area contributed by atoms with Crippen LogP contribution in [0.5, 0.6) is 0 Å². The van der Waals surface area contributed by atoms with Crippen molar-refractivity contribution in [1.29, 1.82) is 0 Å². The Labute approximate surface area is 120 Å². The van der Waals surface area contributed by atoms with Crippen LogP contribution in [0.1, 0.15) is 30.9 Å². The molecule has 0 saturated heterocycles. The fourth-order valence-electron chi connectivity index (χ4n) is 1.87. The number of hydrogen-bond donors (Lipinski definition) is 1. The Hall–Kier alpha value is -1.63. The predicted octanol–water partition coefficient (Wildman–Crippen LogP) is 3.06. The quantitative estimate of drug-likeness (QED) is 0.649. The van der Waals surface area contributed by atoms with Crippen molar-refractivity contribution in [3.05, 3.63) is 35.1 Å². The van der Waals surface area contributed by atoms with Gasteiger partial charge in [0.25, 0.3) is 0 Å². The minimum atomic E-state index is -4.61. The maximum Gasteiger partial charge on any atom is 0.416 e. The molecular formula is C14H17F4NO2. The van der Waals surface area contributed by atoms with Crippen molar-refractivity contribution in [1.82, 2.24) is 0 Å². The third kappa shape index (κ3) is 6.12. The average molecular weight is 307 g/mol. The lowest BCUT2D eigenvalue weighted by molar-refractivity contribution is -0.143. The van der Waals surface area contributed by atoms with Crippen LogP contribution in [0.15, 0.2) is 18.2 Å². The molecule has 1 atom stereocenters. The average Bonchev–Trinajstić information content (AvgIpc) is 2.35. The number of alkyl halides is 3. The van der Waals surface area contributed by atoms with E-state index < -0.39 is 29.6 Å². The Morgan fingerprint density at radius 1 is 1.33 bits per heavy atom. The van der Waals surface area contributed by atoms with Crippen LogP contribution < -0.4 is 5.73 Å². The highest BCUT2D eigenvalue weighted by Gasteiger charge is 2.31. The van der Waals surface area contributed by atoms with Gasteiger partial charge in [0.05, 0.1) is 12.2 Å². The van der Waals surface area contributed by atoms with Gasteiger partial charge in [-0.15, -0.1) is 0 Å². The summed E-state index contributed by atoms with van der Waals surface area (Å²) in [6.07, 6.45) is -4.21. The number of ether oxygens (including phenoxy) is 1. The summed E-state index contributed by atoms with van der Waals surface area (Å²) >= 11 is 0. The maximum absolute atomic E-state index is 13.2. The molecule has 0 radical (unpaired) electrons. The van der Waals surface area contributed by atoms with Gasteiger partial charge in [-0.05, 0) is 43.5 Å². The summed E-state index contributed by atoms with van der Waals surface area (Å²) in [6.45, 7) is 1.93. The molecule has 0 aliphatic rings. The second-order valence-electron chi connectivity index (χ2n) is 4.65. The summed E-state index contributed by atoms with van der Waals surface area (Å²) in [4.78, 5) is 11.2. The standard InChI is InChI=1S/C14H17F4NO2/c1-2-21-13(20)4-3-12(19)7-9-5-10(14(16,17)18)8-11(15)6-9/h5-6,8,12H,2-4,7,19H2,1H3. The van der Waals surface area contributed by atoms with Crippen LogP contribution in [-0.4, -0.2) is 18.6 Å². The van der Waals surface area contributed by atoms with Crippen LogP contribution in [-0.2, 0) is 22.1 Å². The van der Waals surface area contributed by atoms with Crippen LogP contribution in [0.3, 0.4) is 0 Å². The van der Waals surface area contributed by atoms with Gasteiger partial charge in [-0.25, -0.2) is 4.39 Å². The number of halogens is 4. The fourth-order valence-corrected chi connectivity index (χ4v) is 1.87. The molecular weight excluding hydrogens is 290 g/mol. The van der Waals surface area contributed by atoms with Gasteiger partial charge in [0.2, 0.25) is 0 Å². The van der Waals surface area contributed by atoms with Crippen LogP contribution >= 0.6 is 0 Å². The molecule has 1 aromatic carbocycles. The monoisotopic (exact) mass is 307 g/mol. The fraction of sp³-hybridized carbons (Fsp3) is 0.500. The van der Waals surface area contributed by atoms with E-state index in [1.807, 2.05) is 0 Å². The van der Waals surface area contributed by atoms with Gasteiger partial charge in [-0.2, -0.15) is 13.2 Å². The van der Waals surface area contributed by atoms with E-state index in [1.165, 1.54) is 0 Å². The van der Waals surface area contributed by atoms with E-state index in [4.69, 9.17) is 10.5 Å². The van der Waals surface area contributed by atoms with Crippen molar-refractivity contribution in [3.8, 4) is 0 Å². The second-order valence-corrected chi connectivity index (χ2v) is 4.65. The highest BCUT2D eigenvalue weighted by Crippen LogP contribution is 2.30. The van der Waals surface area contributed by atoms with Gasteiger partial charge in [-0.1, -0.05) is 0 Å². The van der Waals surface area contributed by atoms with E-state index in [9.17, 15) is 22.4 Å². The Bertz CT molecular complexity index is 488. The zero-order valence-corrected chi connectivity index (χ0v) is 11.5. The maximum atomic E-state index is 13.2. The molecule has 0 aliphatic heterocycles. The molecule has 0 bridgehead atoms. The normalized spacial score (nSPS) is 13.0. The molecule has 0 aromatic heterocycles. The lowest BCUT2D eigenvalue weighted by Gasteiger charge is -2.13. The van der Waals surface area contributed by atoms with Crippen molar-refractivity contribution in [2.45, 2.75) is 38.4 Å². The van der Waals surface area contributed by atoms with Gasteiger partial charge in [0, 0.05) is 12.5 Å². The third-order valence-electron chi connectivity index (χ3n) is 2.81. The van der Waals surface area contributed by atoms with E-state index >= 15 is 0 Å². The van der Waals surface area contributed by atoms with Gasteiger partial charge in [-0.3, -0.25) is 4.79 Å². The van der Waals surface area contributed by atoms with Crippen molar-refractivity contribution in [2.24, 2.45) is 5.73 Å². The van der Waals surface area contributed by atoms with Crippen LogP contribution in [0, 0.1) is 5.82 Å². The summed E-state index contributed by atoms with van der Waals surface area (Å²) in [5.74, 6) is -1.37. The zero-order valence-electron chi connectivity index (χ0n) is 11.5. The first-order valence-electron chi connectivity index (χ1n) is 6.50. The van der Waals surface area contributed by atoms with E-state index in [1.54, 1.807) is 6.92 Å². The molecule has 0 amide bonds. The topological polar surface area (TPSA) is 52.3 Å². The molecule has 7 heteroatoms. The summed E-state index contributed by atoms with van der Waals surface area (Å²) in [5, 5.41) is 0. The SMILES string of the molecule is CCOC(=O)CCC(N)Cc1cc(F)cc(C(F)(F)F)c1. The smallest absolute Gasteiger partial charge is 0.416 e. The van der Waals surface area contributed by atoms with Gasteiger partial charge < -0.3 is 10.5 Å². The highest BCUT2D eigenvalue weighted by molar-refractivity contribution is 5.69. The Morgan fingerprint density at radius 3 is 2.57 bits per heavy atom. The molecule has 118 valence electrons. The van der Waals surface area contributed by atoms with Crippen molar-refractivity contribution in [3.63, 3.8) is 0 Å². The summed E-state index contributed by atoms with van der Waals surface area (Å²) in [6, 6.07) is 1.78. The van der Waals surface area contributed by atoms with Crippen molar-refractivity contribution >= 4 is 5.97 Å². The molecule has 0 saturated carbocycles. The number of carbonyl (C=O) groups excluding carboxylic acids is 1. The molecule has 1 aromatic rings. The largest absolute Gasteiger partial charge is 0.466 e. The zero-order chi connectivity index (χ0) is 16.0. The Kier molecular flexibility index (Phi) is 6.14. The molecule has 0 aliphatic carbocycles. The molecule has 0 spiro atoms. The lowest BCUT2D eigenvalue weighted by Crippen LogP contribution is -2.24. The van der Waals surface area contributed by atoms with Crippen LogP contribution in [0.25, 0.3) is 0 Å². The van der Waals surface area contributed by atoms with E-state index in [-0.39, 0.29) is 31.4 Å². The first-order chi connectivity index (χ1) is 9.72. The lowest BCUT2D eigenvalue weighted by atomic mass is 10.0. The number of hydrogen-bond acceptors (Lipinski definition) is 3. The first-order valence-corrected chi connectivity index (χ1v) is 6.50. The van der Waals surface area contributed by atoms with E-state index in [0.29, 0.717) is 6.07 Å². The molecule has 2 N–H and O–H groups in total. The molecule has 0 heterocycles. The summed E-state index contributed by atoms with van der Waals surface area (Å²) < 4.78 is 55.6. The molecule has 0 fully saturated rings. The minimum absolute atomic E-state index is 0.0558. The summed E-state index contributed by atoms with van der Waals surface area (Å²) in [5.41, 5.74) is 4.85.